The highest BCUT2D eigenvalue weighted by molar-refractivity contribution is 6.02. The molecular weight excluding hydrogens is 604 g/mol. The molecule has 0 N–H and O–H groups in total. The molecule has 0 atom stereocenters. The number of carbonyl (C=O) groups is 4. The fourth-order valence-corrected chi connectivity index (χ4v) is 6.98. The van der Waals surface area contributed by atoms with E-state index in [1.165, 1.54) is 5.56 Å². The van der Waals surface area contributed by atoms with E-state index < -0.39 is 0 Å². The molecule has 0 aliphatic carbocycles. The number of carbonyl (C=O) groups excluding carboxylic acids is 4. The van der Waals surface area contributed by atoms with Gasteiger partial charge in [0, 0.05) is 84.1 Å². The Balaban J connectivity index is 1.19. The van der Waals surface area contributed by atoms with Crippen molar-refractivity contribution in [2.24, 2.45) is 21.1 Å². The third kappa shape index (κ3) is 7.85. The number of nitrogens with zero attached hydrogens (tertiary/aromatic N) is 4. The Bertz CT molecular complexity index is 1860. The summed E-state index contributed by atoms with van der Waals surface area (Å²) >= 11 is 0. The monoisotopic (exact) mass is 652 g/mol. The number of hydrogen-bond donors (Lipinski definition) is 0. The lowest BCUT2D eigenvalue weighted by atomic mass is 9.90. The van der Waals surface area contributed by atoms with E-state index in [0.717, 1.165) is 78.2 Å². The second-order valence-electron chi connectivity index (χ2n) is 13.4. The van der Waals surface area contributed by atoms with E-state index in [1.54, 1.807) is 32.9 Å². The molecule has 48 heavy (non-hydrogen) atoms. The van der Waals surface area contributed by atoms with Gasteiger partial charge >= 0.3 is 0 Å². The Hall–Kier alpha value is -4.34. The van der Waals surface area contributed by atoms with Crippen LogP contribution in [0.4, 0.5) is 0 Å². The van der Waals surface area contributed by atoms with Crippen LogP contribution in [-0.2, 0) is 45.1 Å². The van der Waals surface area contributed by atoms with Crippen molar-refractivity contribution < 1.29 is 23.9 Å². The molecule has 1 fully saturated rings. The van der Waals surface area contributed by atoms with Gasteiger partial charge in [-0.15, -0.1) is 0 Å². The fraction of sp³-hybridized carbons (Fsp3) is 0.436. The van der Waals surface area contributed by atoms with Crippen LogP contribution in [0.5, 0.6) is 0 Å². The van der Waals surface area contributed by atoms with Gasteiger partial charge in [-0.2, -0.15) is 0 Å². The van der Waals surface area contributed by atoms with E-state index in [1.807, 2.05) is 59.5 Å². The van der Waals surface area contributed by atoms with Gasteiger partial charge in [0.1, 0.15) is 0 Å². The maximum absolute atomic E-state index is 13.4. The molecule has 0 unspecified atom stereocenters. The molecule has 1 aromatic carbocycles. The van der Waals surface area contributed by atoms with E-state index in [-0.39, 0.29) is 42.4 Å². The molecule has 0 spiro atoms. The fourth-order valence-electron chi connectivity index (χ4n) is 6.98. The number of Topliss-reactive ketones (excluding diaryl/α,β-unsaturated/α-hetero) is 4. The molecule has 0 radical (unpaired) electrons. The Labute approximate surface area is 283 Å². The molecule has 3 aromatic heterocycles. The molecule has 5 rings (SSSR count). The van der Waals surface area contributed by atoms with E-state index in [0.29, 0.717) is 23.5 Å². The first-order valence-electron chi connectivity index (χ1n) is 16.8. The van der Waals surface area contributed by atoms with Crippen molar-refractivity contribution in [2.75, 3.05) is 32.8 Å². The zero-order chi connectivity index (χ0) is 34.7. The molecule has 9 heteroatoms. The van der Waals surface area contributed by atoms with Crippen LogP contribution < -0.4 is 0 Å². The second kappa shape index (κ2) is 14.8. The van der Waals surface area contributed by atoms with Gasteiger partial charge < -0.3 is 18.4 Å². The smallest absolute Gasteiger partial charge is 0.183 e. The van der Waals surface area contributed by atoms with Crippen molar-refractivity contribution in [1.82, 2.24) is 18.6 Å². The summed E-state index contributed by atoms with van der Waals surface area (Å²) in [6, 6.07) is 7.46. The summed E-state index contributed by atoms with van der Waals surface area (Å²) < 4.78 is 10.7. The van der Waals surface area contributed by atoms with E-state index in [4.69, 9.17) is 4.74 Å². The van der Waals surface area contributed by atoms with Crippen LogP contribution in [0.25, 0.3) is 0 Å². The third-order valence-electron chi connectivity index (χ3n) is 9.75. The molecular formula is C39H48N4O5. The van der Waals surface area contributed by atoms with Gasteiger partial charge in [0.2, 0.25) is 0 Å². The predicted octanol–water partition coefficient (Wildman–Crippen LogP) is 5.51. The zero-order valence-corrected chi connectivity index (χ0v) is 29.4. The minimum atomic E-state index is -0.0841. The molecule has 1 aliphatic heterocycles. The van der Waals surface area contributed by atoms with Crippen molar-refractivity contribution in [3.63, 3.8) is 0 Å². The normalized spacial score (nSPS) is 13.6. The van der Waals surface area contributed by atoms with Gasteiger partial charge in [0.15, 0.2) is 23.1 Å². The summed E-state index contributed by atoms with van der Waals surface area (Å²) in [6.07, 6.45) is 7.28. The van der Waals surface area contributed by atoms with Crippen LogP contribution in [0, 0.1) is 27.7 Å². The van der Waals surface area contributed by atoms with Gasteiger partial charge in [-0.05, 0) is 97.8 Å². The number of aryl methyl sites for hydroxylation is 5. The van der Waals surface area contributed by atoms with Crippen LogP contribution >= 0.6 is 0 Å². The van der Waals surface area contributed by atoms with Gasteiger partial charge in [-0.1, -0.05) is 6.07 Å². The maximum Gasteiger partial charge on any atom is 0.183 e. The Morgan fingerprint density at radius 2 is 1.06 bits per heavy atom. The standard InChI is InChI=1S/C39H48N4O5/c1-25-15-26(2)39(28(4)27(25)3)38(47)21-31-18-34(42(7)24-31)37(46)20-30-17-33(41(6)23-30)36(45)19-29-16-32(40(5)22-29)35(44)9-8-10-43-11-13-48-14-12-43/h15-18,22-24H,8-14,19-21H2,1-7H3. The summed E-state index contributed by atoms with van der Waals surface area (Å²) in [5.41, 5.74) is 9.01. The van der Waals surface area contributed by atoms with Gasteiger partial charge in [0.25, 0.3) is 0 Å². The first-order chi connectivity index (χ1) is 22.8. The van der Waals surface area contributed by atoms with Crippen LogP contribution in [0.1, 0.15) is 93.6 Å². The Morgan fingerprint density at radius 3 is 1.56 bits per heavy atom. The summed E-state index contributed by atoms with van der Waals surface area (Å²) in [5.74, 6) is -0.0423. The third-order valence-corrected chi connectivity index (χ3v) is 9.75. The number of morpholine rings is 1. The molecule has 0 bridgehead atoms. The van der Waals surface area contributed by atoms with Gasteiger partial charge in [-0.3, -0.25) is 24.1 Å². The number of aromatic nitrogens is 3. The van der Waals surface area contributed by atoms with Crippen LogP contribution in [0.2, 0.25) is 0 Å². The van der Waals surface area contributed by atoms with Crippen LogP contribution in [0.3, 0.4) is 0 Å². The molecule has 0 amide bonds. The average Bonchev–Trinajstić information content (AvgIpc) is 3.71. The molecule has 1 saturated heterocycles. The van der Waals surface area contributed by atoms with Crippen LogP contribution in [0.15, 0.2) is 42.9 Å². The first kappa shape index (κ1) is 35.0. The average molecular weight is 653 g/mol. The van der Waals surface area contributed by atoms with Crippen molar-refractivity contribution in [3.8, 4) is 0 Å². The highest BCUT2D eigenvalue weighted by Crippen LogP contribution is 2.24. The summed E-state index contributed by atoms with van der Waals surface area (Å²) in [7, 11) is 5.46. The van der Waals surface area contributed by atoms with E-state index in [9.17, 15) is 19.2 Å². The van der Waals surface area contributed by atoms with Crippen molar-refractivity contribution in [2.45, 2.75) is 59.8 Å². The lowest BCUT2D eigenvalue weighted by Crippen LogP contribution is -2.36. The quantitative estimate of drug-likeness (QED) is 0.167. The Kier molecular flexibility index (Phi) is 10.8. The largest absolute Gasteiger partial charge is 0.379 e. The minimum Gasteiger partial charge on any atom is -0.379 e. The van der Waals surface area contributed by atoms with Crippen LogP contribution in [-0.4, -0.2) is 74.6 Å². The predicted molar refractivity (Wildman–Crippen MR) is 187 cm³/mol. The summed E-state index contributed by atoms with van der Waals surface area (Å²) in [4.78, 5) is 55.4. The van der Waals surface area contributed by atoms with Gasteiger partial charge in [0.05, 0.1) is 30.3 Å². The number of rotatable bonds is 14. The second-order valence-corrected chi connectivity index (χ2v) is 13.4. The SMILES string of the molecule is Cc1cc(C)c(C(=O)Cc2cc(C(=O)Cc3cc(C(=O)Cc4cc(C(=O)CCCN5CCOCC5)n(C)c4)n(C)c3)n(C)c2)c(C)c1C. The highest BCUT2D eigenvalue weighted by atomic mass is 16.5. The number of ether oxygens (including phenoxy) is 1. The summed E-state index contributed by atoms with van der Waals surface area (Å²) in [5, 5.41) is 0. The molecule has 4 aromatic rings. The lowest BCUT2D eigenvalue weighted by molar-refractivity contribution is 0.0371. The molecule has 254 valence electrons. The van der Waals surface area contributed by atoms with Crippen molar-refractivity contribution in [3.05, 3.63) is 104 Å². The molecule has 0 saturated carbocycles. The molecule has 9 nitrogen and oxygen atoms in total. The zero-order valence-electron chi connectivity index (χ0n) is 29.4. The van der Waals surface area contributed by atoms with Gasteiger partial charge in [-0.25, -0.2) is 0 Å². The number of hydrogen-bond acceptors (Lipinski definition) is 6. The first-order valence-corrected chi connectivity index (χ1v) is 16.8. The number of ketones is 4. The van der Waals surface area contributed by atoms with E-state index >= 15 is 0 Å². The van der Waals surface area contributed by atoms with Crippen molar-refractivity contribution in [1.29, 1.82) is 0 Å². The van der Waals surface area contributed by atoms with Crippen molar-refractivity contribution >= 4 is 23.1 Å². The molecule has 1 aliphatic rings. The number of benzene rings is 1. The highest BCUT2D eigenvalue weighted by Gasteiger charge is 2.21. The minimum absolute atomic E-state index is 0.0441. The molecule has 4 heterocycles. The summed E-state index contributed by atoms with van der Waals surface area (Å²) in [6.45, 7) is 12.2. The topological polar surface area (TPSA) is 95.5 Å². The van der Waals surface area contributed by atoms with E-state index in [2.05, 4.69) is 17.9 Å². The Morgan fingerprint density at radius 1 is 0.604 bits per heavy atom. The maximum atomic E-state index is 13.4. The lowest BCUT2D eigenvalue weighted by Gasteiger charge is -2.26.